The second kappa shape index (κ2) is 8.79. The van der Waals surface area contributed by atoms with E-state index in [4.69, 9.17) is 4.74 Å². The topological polar surface area (TPSA) is 50.4 Å². The van der Waals surface area contributed by atoms with Crippen molar-refractivity contribution in [3.8, 4) is 5.75 Å². The van der Waals surface area contributed by atoms with Gasteiger partial charge in [0.25, 0.3) is 0 Å². The maximum Gasteiger partial charge on any atom is 0.416 e. The molecule has 0 radical (unpaired) electrons. The molecule has 0 saturated carbocycles. The van der Waals surface area contributed by atoms with E-state index in [0.29, 0.717) is 18.5 Å². The number of urea groups is 1. The van der Waals surface area contributed by atoms with Gasteiger partial charge in [0.05, 0.1) is 18.7 Å². The lowest BCUT2D eigenvalue weighted by atomic mass is 10.1. The van der Waals surface area contributed by atoms with Crippen LogP contribution in [0, 0.1) is 6.92 Å². The minimum Gasteiger partial charge on any atom is -0.496 e. The fourth-order valence-electron chi connectivity index (χ4n) is 2.73. The summed E-state index contributed by atoms with van der Waals surface area (Å²) in [6.45, 7) is 3.99. The van der Waals surface area contributed by atoms with Gasteiger partial charge in [-0.25, -0.2) is 4.79 Å². The minimum atomic E-state index is -4.41. The fraction of sp³-hybridized carbons (Fsp3) is 0.350. The van der Waals surface area contributed by atoms with Crippen LogP contribution in [0.5, 0.6) is 5.75 Å². The molecule has 2 rings (SSSR count). The van der Waals surface area contributed by atoms with E-state index in [1.165, 1.54) is 6.07 Å². The highest BCUT2D eigenvalue weighted by molar-refractivity contribution is 5.74. The van der Waals surface area contributed by atoms with Crippen LogP contribution in [-0.2, 0) is 12.6 Å². The van der Waals surface area contributed by atoms with Gasteiger partial charge >= 0.3 is 12.2 Å². The van der Waals surface area contributed by atoms with E-state index in [-0.39, 0.29) is 0 Å². The molecule has 2 amide bonds. The Bertz CT molecular complexity index is 791. The molecule has 0 bridgehead atoms. The van der Waals surface area contributed by atoms with Crippen molar-refractivity contribution >= 4 is 6.03 Å². The molecule has 0 aliphatic rings. The van der Waals surface area contributed by atoms with Gasteiger partial charge in [0, 0.05) is 6.54 Å². The molecule has 0 saturated heterocycles. The predicted octanol–water partition coefficient (Wildman–Crippen LogP) is 4.63. The number of hydrogen-bond donors (Lipinski definition) is 2. The second-order valence-corrected chi connectivity index (χ2v) is 6.31. The number of aryl methyl sites for hydroxylation is 1. The normalized spacial score (nSPS) is 12.4. The third-order valence-electron chi connectivity index (χ3n) is 4.18. The number of ether oxygens (including phenoxy) is 1. The molecule has 0 aromatic heterocycles. The van der Waals surface area contributed by atoms with Crippen LogP contribution in [-0.4, -0.2) is 19.7 Å². The van der Waals surface area contributed by atoms with Crippen LogP contribution in [0.4, 0.5) is 18.0 Å². The summed E-state index contributed by atoms with van der Waals surface area (Å²) in [4.78, 5) is 12.0. The Labute approximate surface area is 156 Å². The van der Waals surface area contributed by atoms with Crippen LogP contribution in [0.3, 0.4) is 0 Å². The van der Waals surface area contributed by atoms with Gasteiger partial charge in [-0.3, -0.25) is 0 Å². The first-order chi connectivity index (χ1) is 12.7. The molecule has 1 unspecified atom stereocenters. The van der Waals surface area contributed by atoms with Crippen molar-refractivity contribution in [2.45, 2.75) is 32.5 Å². The van der Waals surface area contributed by atoms with Crippen LogP contribution in [0.25, 0.3) is 0 Å². The molecule has 1 atom stereocenters. The zero-order chi connectivity index (χ0) is 20.0. The molecule has 2 aromatic rings. The van der Waals surface area contributed by atoms with Gasteiger partial charge in [0.2, 0.25) is 0 Å². The van der Waals surface area contributed by atoms with E-state index in [2.05, 4.69) is 10.6 Å². The average Bonchev–Trinajstić information content (AvgIpc) is 2.61. The summed E-state index contributed by atoms with van der Waals surface area (Å²) < 4.78 is 43.7. The molecule has 0 fully saturated rings. The number of halogens is 3. The number of amides is 2. The lowest BCUT2D eigenvalue weighted by molar-refractivity contribution is -0.137. The zero-order valence-electron chi connectivity index (χ0n) is 15.5. The number of rotatable bonds is 6. The first-order valence-electron chi connectivity index (χ1n) is 8.55. The highest BCUT2D eigenvalue weighted by atomic mass is 19.4. The van der Waals surface area contributed by atoms with E-state index in [1.54, 1.807) is 20.1 Å². The van der Waals surface area contributed by atoms with Crippen molar-refractivity contribution < 1.29 is 22.7 Å². The number of carbonyl (C=O) groups is 1. The summed E-state index contributed by atoms with van der Waals surface area (Å²) >= 11 is 0. The first-order valence-corrected chi connectivity index (χ1v) is 8.55. The standard InChI is InChI=1S/C20H23F3N2O2/c1-13-7-8-18(27-3)16(11-13)9-10-24-19(26)25-14(2)15-5-4-6-17(12-15)20(21,22)23/h4-8,11-12,14H,9-10H2,1-3H3,(H2,24,25,26). The van der Waals surface area contributed by atoms with Crippen LogP contribution < -0.4 is 15.4 Å². The molecular formula is C20H23F3N2O2. The maximum atomic E-state index is 12.8. The number of nitrogens with one attached hydrogen (secondary N) is 2. The van der Waals surface area contributed by atoms with Gasteiger partial charge in [-0.15, -0.1) is 0 Å². The number of carbonyl (C=O) groups excluding carboxylic acids is 1. The van der Waals surface area contributed by atoms with Gasteiger partial charge in [-0.2, -0.15) is 13.2 Å². The maximum absolute atomic E-state index is 12.8. The van der Waals surface area contributed by atoms with E-state index in [1.807, 2.05) is 25.1 Å². The molecule has 27 heavy (non-hydrogen) atoms. The first kappa shape index (κ1) is 20.6. The smallest absolute Gasteiger partial charge is 0.416 e. The Kier molecular flexibility index (Phi) is 6.71. The summed E-state index contributed by atoms with van der Waals surface area (Å²) in [6.07, 6.45) is -3.83. The van der Waals surface area contributed by atoms with Crippen molar-refractivity contribution in [3.05, 3.63) is 64.7 Å². The Morgan fingerprint density at radius 2 is 1.93 bits per heavy atom. The Balaban J connectivity index is 1.90. The van der Waals surface area contributed by atoms with E-state index < -0.39 is 23.8 Å². The summed E-state index contributed by atoms with van der Waals surface area (Å²) in [5, 5.41) is 5.37. The molecular weight excluding hydrogens is 357 g/mol. The molecule has 0 aliphatic carbocycles. The van der Waals surface area contributed by atoms with Gasteiger partial charge in [-0.1, -0.05) is 29.8 Å². The number of benzene rings is 2. The van der Waals surface area contributed by atoms with Crippen LogP contribution in [0.2, 0.25) is 0 Å². The van der Waals surface area contributed by atoms with Gasteiger partial charge in [0.1, 0.15) is 5.75 Å². The van der Waals surface area contributed by atoms with Crippen LogP contribution >= 0.6 is 0 Å². The van der Waals surface area contributed by atoms with E-state index in [9.17, 15) is 18.0 Å². The predicted molar refractivity (Wildman–Crippen MR) is 97.8 cm³/mol. The molecule has 146 valence electrons. The summed E-state index contributed by atoms with van der Waals surface area (Å²) in [7, 11) is 1.59. The zero-order valence-corrected chi connectivity index (χ0v) is 15.5. The second-order valence-electron chi connectivity index (χ2n) is 6.31. The van der Waals surface area contributed by atoms with Crippen molar-refractivity contribution in [3.63, 3.8) is 0 Å². The lowest BCUT2D eigenvalue weighted by Crippen LogP contribution is -2.38. The molecule has 4 nitrogen and oxygen atoms in total. The molecule has 2 aromatic carbocycles. The molecule has 7 heteroatoms. The van der Waals surface area contributed by atoms with Crippen molar-refractivity contribution in [1.29, 1.82) is 0 Å². The minimum absolute atomic E-state index is 0.376. The lowest BCUT2D eigenvalue weighted by Gasteiger charge is -2.17. The number of alkyl halides is 3. The highest BCUT2D eigenvalue weighted by Gasteiger charge is 2.30. The van der Waals surface area contributed by atoms with Crippen molar-refractivity contribution in [2.75, 3.05) is 13.7 Å². The van der Waals surface area contributed by atoms with Crippen molar-refractivity contribution in [2.24, 2.45) is 0 Å². The summed E-state index contributed by atoms with van der Waals surface area (Å²) in [5.74, 6) is 0.750. The molecule has 0 heterocycles. The van der Waals surface area contributed by atoms with Gasteiger partial charge in [-0.05, 0) is 49.6 Å². The highest BCUT2D eigenvalue weighted by Crippen LogP contribution is 2.30. The largest absolute Gasteiger partial charge is 0.496 e. The Hall–Kier alpha value is -2.70. The number of hydrogen-bond acceptors (Lipinski definition) is 2. The quantitative estimate of drug-likeness (QED) is 0.768. The molecule has 0 aliphatic heterocycles. The monoisotopic (exact) mass is 380 g/mol. The summed E-state index contributed by atoms with van der Waals surface area (Å²) in [5.41, 5.74) is 1.72. The third-order valence-corrected chi connectivity index (χ3v) is 4.18. The van der Waals surface area contributed by atoms with Crippen LogP contribution in [0.15, 0.2) is 42.5 Å². The van der Waals surface area contributed by atoms with E-state index >= 15 is 0 Å². The van der Waals surface area contributed by atoms with Gasteiger partial charge < -0.3 is 15.4 Å². The molecule has 0 spiro atoms. The Morgan fingerprint density at radius 1 is 1.19 bits per heavy atom. The average molecular weight is 380 g/mol. The SMILES string of the molecule is COc1ccc(C)cc1CCNC(=O)NC(C)c1cccc(C(F)(F)F)c1. The van der Waals surface area contributed by atoms with E-state index in [0.717, 1.165) is 29.0 Å². The number of methoxy groups -OCH3 is 1. The molecule has 2 N–H and O–H groups in total. The third kappa shape index (κ3) is 5.91. The van der Waals surface area contributed by atoms with Gasteiger partial charge in [0.15, 0.2) is 0 Å². The summed E-state index contributed by atoms with van der Waals surface area (Å²) in [6, 6.07) is 9.75. The Morgan fingerprint density at radius 3 is 2.59 bits per heavy atom. The van der Waals surface area contributed by atoms with Crippen molar-refractivity contribution in [1.82, 2.24) is 10.6 Å². The fourth-order valence-corrected chi connectivity index (χ4v) is 2.73. The van der Waals surface area contributed by atoms with Crippen LogP contribution in [0.1, 0.15) is 35.2 Å².